The minimum Gasteiger partial charge on any atom is -0.444 e. The van der Waals surface area contributed by atoms with Gasteiger partial charge in [-0.15, -0.1) is 0 Å². The highest BCUT2D eigenvalue weighted by Crippen LogP contribution is 2.28. The Balaban J connectivity index is 3.16. The van der Waals surface area contributed by atoms with E-state index in [9.17, 15) is 14.0 Å². The number of hydrogen-bond acceptors (Lipinski definition) is 3. The molecule has 0 aliphatic carbocycles. The van der Waals surface area contributed by atoms with Crippen LogP contribution in [-0.4, -0.2) is 29.9 Å². The molecular formula is C16H22FNO3. The van der Waals surface area contributed by atoms with Gasteiger partial charge in [-0.2, -0.15) is 0 Å². The molecule has 0 saturated heterocycles. The largest absolute Gasteiger partial charge is 0.444 e. The average Bonchev–Trinajstić information content (AvgIpc) is 2.38. The van der Waals surface area contributed by atoms with Crippen molar-refractivity contribution in [3.63, 3.8) is 0 Å². The molecule has 1 atom stereocenters. The number of rotatable bonds is 3. The Labute approximate surface area is 124 Å². The second-order valence-corrected chi connectivity index (χ2v) is 6.27. The third-order valence-corrected chi connectivity index (χ3v) is 3.34. The van der Waals surface area contributed by atoms with Crippen LogP contribution in [-0.2, 0) is 15.1 Å². The quantitative estimate of drug-likeness (QED) is 0.803. The van der Waals surface area contributed by atoms with Gasteiger partial charge >= 0.3 is 6.09 Å². The first-order valence-electron chi connectivity index (χ1n) is 6.71. The number of benzene rings is 1. The molecule has 0 aliphatic heterocycles. The average molecular weight is 295 g/mol. The van der Waals surface area contributed by atoms with Gasteiger partial charge in [0.05, 0.1) is 0 Å². The first-order chi connectivity index (χ1) is 9.51. The lowest BCUT2D eigenvalue weighted by Crippen LogP contribution is -2.48. The minimum absolute atomic E-state index is 0.355. The highest BCUT2D eigenvalue weighted by molar-refractivity contribution is 5.78. The number of carbonyl (C=O) groups is 2. The third kappa shape index (κ3) is 3.80. The van der Waals surface area contributed by atoms with Crippen LogP contribution in [0.15, 0.2) is 18.2 Å². The predicted molar refractivity (Wildman–Crippen MR) is 78.6 cm³/mol. The number of nitrogens with zero attached hydrogens (tertiary/aromatic N) is 1. The highest BCUT2D eigenvalue weighted by atomic mass is 19.1. The molecule has 0 fully saturated rings. The third-order valence-electron chi connectivity index (χ3n) is 3.34. The van der Waals surface area contributed by atoms with Crippen LogP contribution in [0.1, 0.15) is 38.8 Å². The Bertz CT molecular complexity index is 551. The summed E-state index contributed by atoms with van der Waals surface area (Å²) in [5.74, 6) is -0.355. The van der Waals surface area contributed by atoms with Gasteiger partial charge in [-0.1, -0.05) is 12.1 Å². The molecule has 0 spiro atoms. The summed E-state index contributed by atoms with van der Waals surface area (Å²) in [6.45, 7) is 8.45. The van der Waals surface area contributed by atoms with Crippen molar-refractivity contribution in [1.29, 1.82) is 0 Å². The van der Waals surface area contributed by atoms with Gasteiger partial charge in [-0.3, -0.25) is 4.90 Å². The van der Waals surface area contributed by atoms with Crippen LogP contribution in [0, 0.1) is 12.7 Å². The molecule has 1 aromatic carbocycles. The van der Waals surface area contributed by atoms with Crippen LogP contribution >= 0.6 is 0 Å². The number of aryl methyl sites for hydroxylation is 1. The number of halogens is 1. The zero-order valence-corrected chi connectivity index (χ0v) is 13.4. The maximum Gasteiger partial charge on any atom is 0.411 e. The van der Waals surface area contributed by atoms with E-state index in [0.29, 0.717) is 17.4 Å². The van der Waals surface area contributed by atoms with E-state index in [4.69, 9.17) is 4.74 Å². The van der Waals surface area contributed by atoms with Crippen molar-refractivity contribution in [2.75, 3.05) is 7.05 Å². The van der Waals surface area contributed by atoms with Gasteiger partial charge in [0.15, 0.2) is 0 Å². The van der Waals surface area contributed by atoms with Crippen LogP contribution in [0.25, 0.3) is 0 Å². The van der Waals surface area contributed by atoms with Crippen molar-refractivity contribution in [1.82, 2.24) is 4.90 Å². The lowest BCUT2D eigenvalue weighted by atomic mass is 9.91. The summed E-state index contributed by atoms with van der Waals surface area (Å²) in [4.78, 5) is 25.0. The molecule has 0 aliphatic rings. The number of amides is 1. The van der Waals surface area contributed by atoms with E-state index in [2.05, 4.69) is 0 Å². The van der Waals surface area contributed by atoms with Crippen molar-refractivity contribution in [2.45, 2.75) is 45.8 Å². The van der Waals surface area contributed by atoms with Gasteiger partial charge < -0.3 is 9.53 Å². The normalized spacial score (nSPS) is 14.2. The standard InChI is InChI=1S/C16H22FNO3/c1-11-9-12(7-8-13(11)17)16(5,10-19)18(6)14(20)21-15(2,3)4/h7-10H,1-6H3. The van der Waals surface area contributed by atoms with Crippen LogP contribution in [0.3, 0.4) is 0 Å². The molecule has 21 heavy (non-hydrogen) atoms. The molecule has 1 unspecified atom stereocenters. The van der Waals surface area contributed by atoms with Crippen molar-refractivity contribution in [3.8, 4) is 0 Å². The lowest BCUT2D eigenvalue weighted by molar-refractivity contribution is -0.117. The number of likely N-dealkylation sites (N-methyl/N-ethyl adjacent to an activating group) is 1. The summed E-state index contributed by atoms with van der Waals surface area (Å²) in [6, 6.07) is 4.34. The van der Waals surface area contributed by atoms with Gasteiger partial charge in [0.1, 0.15) is 23.2 Å². The van der Waals surface area contributed by atoms with Gasteiger partial charge in [-0.05, 0) is 51.8 Å². The van der Waals surface area contributed by atoms with E-state index in [1.165, 1.54) is 24.1 Å². The van der Waals surface area contributed by atoms with Crippen molar-refractivity contribution < 1.29 is 18.7 Å². The Morgan fingerprint density at radius 2 is 1.86 bits per heavy atom. The Kier molecular flexibility index (Phi) is 4.76. The molecule has 0 saturated carbocycles. The molecule has 5 heteroatoms. The molecule has 1 aromatic rings. The highest BCUT2D eigenvalue weighted by Gasteiger charge is 2.37. The molecule has 116 valence electrons. The monoisotopic (exact) mass is 295 g/mol. The number of carbonyl (C=O) groups excluding carboxylic acids is 2. The van der Waals surface area contributed by atoms with E-state index in [1.54, 1.807) is 40.7 Å². The van der Waals surface area contributed by atoms with Crippen LogP contribution in [0.4, 0.5) is 9.18 Å². The smallest absolute Gasteiger partial charge is 0.411 e. The molecular weight excluding hydrogens is 273 g/mol. The van der Waals surface area contributed by atoms with Crippen LogP contribution in [0.5, 0.6) is 0 Å². The minimum atomic E-state index is -1.22. The zero-order valence-electron chi connectivity index (χ0n) is 13.4. The van der Waals surface area contributed by atoms with E-state index < -0.39 is 17.2 Å². The van der Waals surface area contributed by atoms with Crippen molar-refractivity contribution in [3.05, 3.63) is 35.1 Å². The fourth-order valence-electron chi connectivity index (χ4n) is 1.82. The molecule has 0 aromatic heterocycles. The molecule has 1 amide bonds. The molecule has 4 nitrogen and oxygen atoms in total. The van der Waals surface area contributed by atoms with Crippen molar-refractivity contribution in [2.24, 2.45) is 0 Å². The van der Waals surface area contributed by atoms with Crippen LogP contribution in [0.2, 0.25) is 0 Å². The maximum atomic E-state index is 13.4. The zero-order chi connectivity index (χ0) is 16.4. The SMILES string of the molecule is Cc1cc(C(C)(C=O)N(C)C(=O)OC(C)(C)C)ccc1F. The maximum absolute atomic E-state index is 13.4. The predicted octanol–water partition coefficient (Wildman–Crippen LogP) is 3.42. The number of hydrogen-bond donors (Lipinski definition) is 0. The first kappa shape index (κ1) is 17.1. The second kappa shape index (κ2) is 5.84. The molecule has 0 radical (unpaired) electrons. The summed E-state index contributed by atoms with van der Waals surface area (Å²) in [6.07, 6.45) is 0.0444. The Morgan fingerprint density at radius 3 is 2.29 bits per heavy atom. The van der Waals surface area contributed by atoms with Gasteiger partial charge in [0.25, 0.3) is 0 Å². The Morgan fingerprint density at radius 1 is 1.29 bits per heavy atom. The number of ether oxygens (including phenoxy) is 1. The Hall–Kier alpha value is -1.91. The summed E-state index contributed by atoms with van der Waals surface area (Å²) in [5.41, 5.74) is -0.933. The summed E-state index contributed by atoms with van der Waals surface area (Å²) in [7, 11) is 1.49. The van der Waals surface area contributed by atoms with E-state index in [1.807, 2.05) is 0 Å². The summed E-state index contributed by atoms with van der Waals surface area (Å²) < 4.78 is 18.7. The molecule has 0 bridgehead atoms. The second-order valence-electron chi connectivity index (χ2n) is 6.27. The van der Waals surface area contributed by atoms with Gasteiger partial charge in [0, 0.05) is 7.05 Å². The molecule has 1 rings (SSSR count). The van der Waals surface area contributed by atoms with Crippen molar-refractivity contribution >= 4 is 12.4 Å². The molecule has 0 heterocycles. The molecule has 0 N–H and O–H groups in total. The van der Waals surface area contributed by atoms with E-state index >= 15 is 0 Å². The van der Waals surface area contributed by atoms with Crippen LogP contribution < -0.4 is 0 Å². The number of aldehydes is 1. The summed E-state index contributed by atoms with van der Waals surface area (Å²) >= 11 is 0. The summed E-state index contributed by atoms with van der Waals surface area (Å²) in [5, 5.41) is 0. The van der Waals surface area contributed by atoms with Gasteiger partial charge in [-0.25, -0.2) is 9.18 Å². The fraction of sp³-hybridized carbons (Fsp3) is 0.500. The fourth-order valence-corrected chi connectivity index (χ4v) is 1.82. The van der Waals surface area contributed by atoms with E-state index in [0.717, 1.165) is 0 Å². The lowest BCUT2D eigenvalue weighted by Gasteiger charge is -2.35. The topological polar surface area (TPSA) is 46.6 Å². The van der Waals surface area contributed by atoms with Gasteiger partial charge in [0.2, 0.25) is 0 Å². The first-order valence-corrected chi connectivity index (χ1v) is 6.71. The van der Waals surface area contributed by atoms with E-state index in [-0.39, 0.29) is 5.82 Å².